The molecule has 116 valence electrons. The summed E-state index contributed by atoms with van der Waals surface area (Å²) < 4.78 is 0. The van der Waals surface area contributed by atoms with Crippen molar-refractivity contribution in [1.82, 2.24) is 0 Å². The van der Waals surface area contributed by atoms with E-state index < -0.39 is 6.09 Å². The molecule has 0 saturated heterocycles. The number of hydrogen-bond donors (Lipinski definition) is 3. The molecule has 2 amide bonds. The lowest BCUT2D eigenvalue weighted by molar-refractivity contribution is -0.122. The molecule has 0 aromatic heterocycles. The number of halogens is 2. The van der Waals surface area contributed by atoms with Crippen molar-refractivity contribution in [2.24, 2.45) is 11.7 Å². The van der Waals surface area contributed by atoms with Gasteiger partial charge < -0.3 is 10.8 Å². The fourth-order valence-electron chi connectivity index (χ4n) is 2.08. The Morgan fingerprint density at radius 3 is 2.19 bits per heavy atom. The van der Waals surface area contributed by atoms with Crippen LogP contribution >= 0.6 is 23.2 Å². The highest BCUT2D eigenvalue weighted by molar-refractivity contribution is 6.42. The van der Waals surface area contributed by atoms with Crippen molar-refractivity contribution in [2.75, 3.05) is 5.32 Å². The van der Waals surface area contributed by atoms with E-state index in [2.05, 4.69) is 5.32 Å². The third-order valence-electron chi connectivity index (χ3n) is 3.18. The first-order valence-corrected chi connectivity index (χ1v) is 7.40. The Bertz CT molecular complexity index is 503. The summed E-state index contributed by atoms with van der Waals surface area (Å²) in [6.45, 7) is 0. The van der Waals surface area contributed by atoms with Gasteiger partial charge in [0.2, 0.25) is 5.91 Å². The third-order valence-corrected chi connectivity index (χ3v) is 3.92. The number of benzene rings is 1. The number of hydrogen-bond acceptors (Lipinski definition) is 2. The molecule has 7 heteroatoms. The second-order valence-electron chi connectivity index (χ2n) is 4.80. The lowest BCUT2D eigenvalue weighted by Crippen LogP contribution is -2.24. The van der Waals surface area contributed by atoms with Gasteiger partial charge in [-0.05, 0) is 31.0 Å². The van der Waals surface area contributed by atoms with Crippen LogP contribution in [-0.4, -0.2) is 17.1 Å². The molecule has 1 aliphatic rings. The summed E-state index contributed by atoms with van der Waals surface area (Å²) in [4.78, 5) is 20.8. The van der Waals surface area contributed by atoms with Gasteiger partial charge in [0.05, 0.1) is 10.0 Å². The van der Waals surface area contributed by atoms with Crippen molar-refractivity contribution >= 4 is 40.9 Å². The molecule has 1 aromatic carbocycles. The maximum absolute atomic E-state index is 10.6. The molecular weight excluding hydrogens is 315 g/mol. The predicted molar refractivity (Wildman–Crippen MR) is 83.9 cm³/mol. The van der Waals surface area contributed by atoms with Gasteiger partial charge in [0, 0.05) is 11.6 Å². The second-order valence-corrected chi connectivity index (χ2v) is 5.61. The van der Waals surface area contributed by atoms with Crippen molar-refractivity contribution in [3.05, 3.63) is 28.2 Å². The Balaban J connectivity index is 0.000000219. The molecule has 1 aromatic rings. The van der Waals surface area contributed by atoms with Crippen LogP contribution < -0.4 is 11.1 Å². The Hall–Kier alpha value is -1.46. The molecule has 21 heavy (non-hydrogen) atoms. The number of rotatable bonds is 2. The number of carbonyl (C=O) groups is 2. The van der Waals surface area contributed by atoms with Crippen LogP contribution in [-0.2, 0) is 4.79 Å². The number of nitrogens with one attached hydrogen (secondary N) is 1. The van der Waals surface area contributed by atoms with Crippen molar-refractivity contribution in [1.29, 1.82) is 0 Å². The fraction of sp³-hybridized carbons (Fsp3) is 0.429. The minimum Gasteiger partial charge on any atom is -0.465 e. The summed E-state index contributed by atoms with van der Waals surface area (Å²) in [6.07, 6.45) is 4.57. The van der Waals surface area contributed by atoms with Gasteiger partial charge in [-0.1, -0.05) is 42.5 Å². The molecule has 0 atom stereocenters. The first-order chi connectivity index (χ1) is 9.90. The van der Waals surface area contributed by atoms with Crippen molar-refractivity contribution in [3.8, 4) is 0 Å². The summed E-state index contributed by atoms with van der Waals surface area (Å²) >= 11 is 11.2. The Labute approximate surface area is 133 Å². The molecule has 0 spiro atoms. The lowest BCUT2D eigenvalue weighted by Gasteiger charge is -2.17. The van der Waals surface area contributed by atoms with Crippen LogP contribution in [0, 0.1) is 5.92 Å². The van der Waals surface area contributed by atoms with Crippen LogP contribution in [0.5, 0.6) is 0 Å². The monoisotopic (exact) mass is 332 g/mol. The predicted octanol–water partition coefficient (Wildman–Crippen LogP) is 4.14. The molecule has 1 aliphatic carbocycles. The van der Waals surface area contributed by atoms with E-state index in [0.29, 0.717) is 15.7 Å². The maximum Gasteiger partial charge on any atom is 0.409 e. The number of anilines is 1. The van der Waals surface area contributed by atoms with E-state index in [1.54, 1.807) is 0 Å². The zero-order valence-corrected chi connectivity index (χ0v) is 13.0. The molecule has 0 bridgehead atoms. The van der Waals surface area contributed by atoms with Gasteiger partial charge in [-0.2, -0.15) is 0 Å². The smallest absolute Gasteiger partial charge is 0.409 e. The van der Waals surface area contributed by atoms with Gasteiger partial charge in [-0.25, -0.2) is 4.79 Å². The quantitative estimate of drug-likeness (QED) is 0.759. The maximum atomic E-state index is 10.6. The van der Waals surface area contributed by atoms with E-state index in [1.807, 2.05) is 0 Å². The molecule has 0 unspecified atom stereocenters. The summed E-state index contributed by atoms with van der Waals surface area (Å²) in [5.74, 6) is 0.0912. The zero-order chi connectivity index (χ0) is 15.8. The Morgan fingerprint density at radius 2 is 1.76 bits per heavy atom. The van der Waals surface area contributed by atoms with Crippen molar-refractivity contribution < 1.29 is 14.7 Å². The van der Waals surface area contributed by atoms with Gasteiger partial charge in [-0.15, -0.1) is 0 Å². The van der Waals surface area contributed by atoms with Gasteiger partial charge in [-0.3, -0.25) is 10.1 Å². The number of nitrogens with two attached hydrogens (primary N) is 1. The van der Waals surface area contributed by atoms with Crippen LogP contribution in [0.2, 0.25) is 10.0 Å². The summed E-state index contributed by atoms with van der Waals surface area (Å²) in [6, 6.07) is 4.50. The van der Waals surface area contributed by atoms with Crippen LogP contribution in [0.3, 0.4) is 0 Å². The number of primary amides is 1. The van der Waals surface area contributed by atoms with E-state index in [1.165, 1.54) is 37.5 Å². The molecule has 1 saturated carbocycles. The van der Waals surface area contributed by atoms with Crippen LogP contribution in [0.25, 0.3) is 0 Å². The third kappa shape index (κ3) is 6.69. The SMILES string of the molecule is NC(=O)C1CCCCC1.O=C(O)Nc1ccc(Cl)c(Cl)c1. The first-order valence-electron chi connectivity index (χ1n) is 6.64. The highest BCUT2D eigenvalue weighted by Gasteiger charge is 2.17. The standard InChI is InChI=1S/C7H5Cl2NO2.C7H13NO/c8-5-2-1-4(3-6(5)9)10-7(11)12;8-7(9)6-4-2-1-3-5-6/h1-3,10H,(H,11,12);6H,1-5H2,(H2,8,9). The zero-order valence-electron chi connectivity index (χ0n) is 11.4. The highest BCUT2D eigenvalue weighted by Crippen LogP contribution is 2.25. The highest BCUT2D eigenvalue weighted by atomic mass is 35.5. The van der Waals surface area contributed by atoms with Crippen molar-refractivity contribution in [2.45, 2.75) is 32.1 Å². The average molecular weight is 333 g/mol. The topological polar surface area (TPSA) is 92.4 Å². The largest absolute Gasteiger partial charge is 0.465 e. The summed E-state index contributed by atoms with van der Waals surface area (Å²) in [5, 5.41) is 11.2. The fourth-order valence-corrected chi connectivity index (χ4v) is 2.38. The normalized spacial score (nSPS) is 14.8. The Kier molecular flexibility index (Phi) is 7.32. The molecule has 2 rings (SSSR count). The number of carboxylic acid groups (broad SMARTS) is 1. The lowest BCUT2D eigenvalue weighted by atomic mass is 9.89. The van der Waals surface area contributed by atoms with Crippen molar-refractivity contribution in [3.63, 3.8) is 0 Å². The second kappa shape index (κ2) is 8.74. The summed E-state index contributed by atoms with van der Waals surface area (Å²) in [7, 11) is 0. The van der Waals surface area contributed by atoms with Gasteiger partial charge in [0.1, 0.15) is 0 Å². The summed E-state index contributed by atoms with van der Waals surface area (Å²) in [5.41, 5.74) is 5.53. The molecule has 4 N–H and O–H groups in total. The molecule has 5 nitrogen and oxygen atoms in total. The molecule has 1 fully saturated rings. The van der Waals surface area contributed by atoms with E-state index >= 15 is 0 Å². The van der Waals surface area contributed by atoms with Gasteiger partial charge in [0.15, 0.2) is 0 Å². The first kappa shape index (κ1) is 17.6. The van der Waals surface area contributed by atoms with E-state index in [0.717, 1.165) is 12.8 Å². The number of amides is 2. The minimum absolute atomic E-state index is 0.102. The van der Waals surface area contributed by atoms with E-state index in [-0.39, 0.29) is 11.8 Å². The minimum atomic E-state index is -1.13. The van der Waals surface area contributed by atoms with Gasteiger partial charge >= 0.3 is 6.09 Å². The number of carbonyl (C=O) groups excluding carboxylic acids is 1. The molecule has 0 aliphatic heterocycles. The molecular formula is C14H18Cl2N2O3. The van der Waals surface area contributed by atoms with Crippen LogP contribution in [0.4, 0.5) is 10.5 Å². The Morgan fingerprint density at radius 1 is 1.14 bits per heavy atom. The van der Waals surface area contributed by atoms with Crippen LogP contribution in [0.15, 0.2) is 18.2 Å². The van der Waals surface area contributed by atoms with E-state index in [4.69, 9.17) is 34.0 Å². The molecule has 0 heterocycles. The average Bonchev–Trinajstić information content (AvgIpc) is 2.44. The van der Waals surface area contributed by atoms with E-state index in [9.17, 15) is 9.59 Å². The van der Waals surface area contributed by atoms with Crippen LogP contribution in [0.1, 0.15) is 32.1 Å². The van der Waals surface area contributed by atoms with Gasteiger partial charge in [0.25, 0.3) is 0 Å². The molecule has 0 radical (unpaired) electrons.